The van der Waals surface area contributed by atoms with Crippen LogP contribution in [0.1, 0.15) is 24.1 Å². The maximum Gasteiger partial charge on any atom is 0.262 e. The molecule has 2 aromatic rings. The number of fused-ring (bicyclic) bond motifs is 1. The molecule has 1 unspecified atom stereocenters. The molecule has 1 heterocycles. The highest BCUT2D eigenvalue weighted by molar-refractivity contribution is 7.99. The first-order chi connectivity index (χ1) is 12.5. The summed E-state index contributed by atoms with van der Waals surface area (Å²) < 4.78 is 5.34. The minimum absolute atomic E-state index is 0.0312. The van der Waals surface area contributed by atoms with E-state index in [4.69, 9.17) is 16.3 Å². The van der Waals surface area contributed by atoms with Crippen LogP contribution >= 0.6 is 23.4 Å². The fraction of sp³-hybridized carbons (Fsp3) is 0.263. The Kier molecular flexibility index (Phi) is 6.06. The highest BCUT2D eigenvalue weighted by Crippen LogP contribution is 2.30. The van der Waals surface area contributed by atoms with Crippen LogP contribution in [0.25, 0.3) is 0 Å². The molecule has 2 N–H and O–H groups in total. The summed E-state index contributed by atoms with van der Waals surface area (Å²) in [7, 11) is 0. The van der Waals surface area contributed by atoms with Crippen LogP contribution in [0.5, 0.6) is 5.75 Å². The van der Waals surface area contributed by atoms with Crippen LogP contribution in [0.3, 0.4) is 0 Å². The Balaban J connectivity index is 1.50. The topological polar surface area (TPSA) is 67.4 Å². The zero-order valence-corrected chi connectivity index (χ0v) is 15.8. The van der Waals surface area contributed by atoms with E-state index in [0.29, 0.717) is 22.2 Å². The Morgan fingerprint density at radius 3 is 2.85 bits per heavy atom. The van der Waals surface area contributed by atoms with Crippen LogP contribution < -0.4 is 15.4 Å². The molecule has 1 aliphatic heterocycles. The lowest BCUT2D eigenvalue weighted by Gasteiger charge is -2.21. The van der Waals surface area contributed by atoms with Gasteiger partial charge in [0.05, 0.1) is 17.5 Å². The van der Waals surface area contributed by atoms with Gasteiger partial charge in [-0.1, -0.05) is 29.8 Å². The number of hydrogen-bond donors (Lipinski definition) is 2. The van der Waals surface area contributed by atoms with E-state index < -0.39 is 0 Å². The molecule has 0 bridgehead atoms. The second-order valence-electron chi connectivity index (χ2n) is 6.00. The Hall–Kier alpha value is -2.18. The van der Waals surface area contributed by atoms with Crippen molar-refractivity contribution in [1.29, 1.82) is 0 Å². The first kappa shape index (κ1) is 18.6. The van der Waals surface area contributed by atoms with Crippen LogP contribution in [0.2, 0.25) is 5.02 Å². The van der Waals surface area contributed by atoms with Gasteiger partial charge in [0.2, 0.25) is 5.91 Å². The molecule has 26 heavy (non-hydrogen) atoms. The van der Waals surface area contributed by atoms with Crippen molar-refractivity contribution >= 4 is 40.9 Å². The predicted molar refractivity (Wildman–Crippen MR) is 105 cm³/mol. The first-order valence-corrected chi connectivity index (χ1v) is 9.72. The van der Waals surface area contributed by atoms with Crippen molar-refractivity contribution in [2.75, 3.05) is 17.7 Å². The first-order valence-electron chi connectivity index (χ1n) is 8.19. The lowest BCUT2D eigenvalue weighted by molar-refractivity contribution is -0.119. The second kappa shape index (κ2) is 8.47. The second-order valence-corrected chi connectivity index (χ2v) is 7.42. The van der Waals surface area contributed by atoms with E-state index in [9.17, 15) is 9.59 Å². The van der Waals surface area contributed by atoms with E-state index in [1.807, 2.05) is 49.4 Å². The number of nitrogens with one attached hydrogen (secondary N) is 2. The van der Waals surface area contributed by atoms with Crippen LogP contribution in [-0.4, -0.2) is 24.2 Å². The zero-order chi connectivity index (χ0) is 18.5. The van der Waals surface area contributed by atoms with Gasteiger partial charge in [-0.05, 0) is 42.3 Å². The minimum Gasteiger partial charge on any atom is -0.482 e. The summed E-state index contributed by atoms with van der Waals surface area (Å²) in [5, 5.41) is 6.46. The lowest BCUT2D eigenvalue weighted by atomic mass is 10.1. The predicted octanol–water partition coefficient (Wildman–Crippen LogP) is 3.78. The number of halogens is 1. The molecule has 0 fully saturated rings. The van der Waals surface area contributed by atoms with Crippen molar-refractivity contribution in [3.63, 3.8) is 0 Å². The number of benzene rings is 2. The smallest absolute Gasteiger partial charge is 0.262 e. The van der Waals surface area contributed by atoms with Crippen molar-refractivity contribution < 1.29 is 14.3 Å². The van der Waals surface area contributed by atoms with Gasteiger partial charge in [0.15, 0.2) is 6.61 Å². The van der Waals surface area contributed by atoms with Gasteiger partial charge in [-0.3, -0.25) is 9.59 Å². The van der Waals surface area contributed by atoms with E-state index in [1.165, 1.54) is 0 Å². The molecule has 0 aliphatic carbocycles. The molecule has 5 nitrogen and oxygen atoms in total. The van der Waals surface area contributed by atoms with Crippen LogP contribution in [0.4, 0.5) is 5.69 Å². The summed E-state index contributed by atoms with van der Waals surface area (Å²) in [5.74, 6) is 1.56. The van der Waals surface area contributed by atoms with Gasteiger partial charge < -0.3 is 15.4 Å². The quantitative estimate of drug-likeness (QED) is 0.787. The fourth-order valence-corrected chi connectivity index (χ4v) is 3.50. The number of hydrogen-bond acceptors (Lipinski definition) is 4. The minimum atomic E-state index is -0.176. The molecule has 136 valence electrons. The highest BCUT2D eigenvalue weighted by Gasteiger charge is 2.18. The molecule has 1 atom stereocenters. The normalized spacial score (nSPS) is 14.0. The number of rotatable bonds is 6. The molecule has 3 rings (SSSR count). The fourth-order valence-electron chi connectivity index (χ4n) is 2.58. The summed E-state index contributed by atoms with van der Waals surface area (Å²) in [5.41, 5.74) is 2.67. The SMILES string of the molecule is CC(NC(=O)CSCc1ccc(Cl)cc1)c1ccc2c(c1)NC(=O)CO2. The summed E-state index contributed by atoms with van der Waals surface area (Å²) >= 11 is 7.41. The number of carbonyl (C=O) groups excluding carboxylic acids is 2. The van der Waals surface area contributed by atoms with Crippen molar-refractivity contribution in [1.82, 2.24) is 5.32 Å². The van der Waals surface area contributed by atoms with E-state index in [-0.39, 0.29) is 24.5 Å². The van der Waals surface area contributed by atoms with Crippen molar-refractivity contribution in [2.24, 2.45) is 0 Å². The third-order valence-electron chi connectivity index (χ3n) is 3.93. The molecule has 2 amide bonds. The van der Waals surface area contributed by atoms with Gasteiger partial charge in [0.25, 0.3) is 5.91 Å². The molecule has 0 spiro atoms. The van der Waals surface area contributed by atoms with Crippen molar-refractivity contribution in [3.05, 3.63) is 58.6 Å². The maximum atomic E-state index is 12.2. The summed E-state index contributed by atoms with van der Waals surface area (Å²) in [6.45, 7) is 1.94. The number of anilines is 1. The van der Waals surface area contributed by atoms with Gasteiger partial charge in [0, 0.05) is 10.8 Å². The summed E-state index contributed by atoms with van der Waals surface area (Å²) in [6, 6.07) is 13.0. The number of amides is 2. The van der Waals surface area contributed by atoms with Gasteiger partial charge >= 0.3 is 0 Å². The van der Waals surface area contributed by atoms with Gasteiger partial charge in [-0.25, -0.2) is 0 Å². The van der Waals surface area contributed by atoms with E-state index in [2.05, 4.69) is 10.6 Å². The Morgan fingerprint density at radius 1 is 1.31 bits per heavy atom. The monoisotopic (exact) mass is 390 g/mol. The van der Waals surface area contributed by atoms with E-state index >= 15 is 0 Å². The highest BCUT2D eigenvalue weighted by atomic mass is 35.5. The molecule has 7 heteroatoms. The lowest BCUT2D eigenvalue weighted by Crippen LogP contribution is -2.29. The Labute approximate surface area is 161 Å². The van der Waals surface area contributed by atoms with Gasteiger partial charge in [-0.15, -0.1) is 11.8 Å². The summed E-state index contributed by atoms with van der Waals surface area (Å²) in [6.07, 6.45) is 0. The van der Waals surface area contributed by atoms with Crippen molar-refractivity contribution in [2.45, 2.75) is 18.7 Å². The van der Waals surface area contributed by atoms with Gasteiger partial charge in [0.1, 0.15) is 5.75 Å². The number of ether oxygens (including phenoxy) is 1. The maximum absolute atomic E-state index is 12.2. The number of carbonyl (C=O) groups is 2. The average Bonchev–Trinajstić information content (AvgIpc) is 2.62. The molecule has 2 aromatic carbocycles. The molecule has 0 saturated heterocycles. The van der Waals surface area contributed by atoms with Crippen LogP contribution in [0, 0.1) is 0 Å². The third-order valence-corrected chi connectivity index (χ3v) is 5.18. The van der Waals surface area contributed by atoms with Gasteiger partial charge in [-0.2, -0.15) is 0 Å². The standard InChI is InChI=1S/C19H19ClN2O3S/c1-12(14-4-7-17-16(8-14)22-18(23)9-25-17)21-19(24)11-26-10-13-2-5-15(20)6-3-13/h2-8,12H,9-11H2,1H3,(H,21,24)(H,22,23). The number of thioether (sulfide) groups is 1. The molecule has 0 saturated carbocycles. The van der Waals surface area contributed by atoms with E-state index in [0.717, 1.165) is 16.9 Å². The van der Waals surface area contributed by atoms with E-state index in [1.54, 1.807) is 11.8 Å². The van der Waals surface area contributed by atoms with Crippen molar-refractivity contribution in [3.8, 4) is 5.75 Å². The summed E-state index contributed by atoms with van der Waals surface area (Å²) in [4.78, 5) is 23.6. The third kappa shape index (κ3) is 4.93. The van der Waals surface area contributed by atoms with Crippen LogP contribution in [0.15, 0.2) is 42.5 Å². The Bertz CT molecular complexity index is 811. The molecular weight excluding hydrogens is 372 g/mol. The largest absolute Gasteiger partial charge is 0.482 e. The molecular formula is C19H19ClN2O3S. The molecule has 1 aliphatic rings. The zero-order valence-electron chi connectivity index (χ0n) is 14.3. The Morgan fingerprint density at radius 2 is 2.08 bits per heavy atom. The molecule has 0 radical (unpaired) electrons. The molecule has 0 aromatic heterocycles. The van der Waals surface area contributed by atoms with Crippen LogP contribution in [-0.2, 0) is 15.3 Å². The average molecular weight is 391 g/mol.